The van der Waals surface area contributed by atoms with E-state index in [-0.39, 0.29) is 29.5 Å². The van der Waals surface area contributed by atoms with Crippen LogP contribution < -0.4 is 11.1 Å². The summed E-state index contributed by atoms with van der Waals surface area (Å²) >= 11 is 0. The molecule has 3 N–H and O–H groups in total. The highest BCUT2D eigenvalue weighted by atomic mass is 35.5. The van der Waals surface area contributed by atoms with E-state index in [1.807, 2.05) is 0 Å². The van der Waals surface area contributed by atoms with Gasteiger partial charge in [0.05, 0.1) is 5.54 Å². The van der Waals surface area contributed by atoms with Crippen LogP contribution in [0.3, 0.4) is 0 Å². The molecule has 6 heteroatoms. The maximum atomic E-state index is 13.0. The number of carbonyl (C=O) groups is 1. The van der Waals surface area contributed by atoms with Crippen LogP contribution in [0, 0.1) is 5.82 Å². The highest BCUT2D eigenvalue weighted by Gasteiger charge is 2.45. The molecule has 1 aliphatic carbocycles. The zero-order chi connectivity index (χ0) is 14.9. The van der Waals surface area contributed by atoms with E-state index in [2.05, 4.69) is 5.32 Å². The second kappa shape index (κ2) is 6.52. The highest BCUT2D eigenvalue weighted by Crippen LogP contribution is 2.47. The molecule has 0 spiro atoms. The average Bonchev–Trinajstić information content (AvgIpc) is 3.27. The molecule has 1 heterocycles. The number of amides is 1. The van der Waals surface area contributed by atoms with Crippen LogP contribution in [0.25, 0.3) is 0 Å². The predicted octanol–water partition coefficient (Wildman–Crippen LogP) is 1.90. The minimum absolute atomic E-state index is 0. The van der Waals surface area contributed by atoms with Crippen LogP contribution in [-0.4, -0.2) is 31.2 Å². The first-order valence-electron chi connectivity index (χ1n) is 7.45. The van der Waals surface area contributed by atoms with E-state index in [1.165, 1.54) is 12.1 Å². The summed E-state index contributed by atoms with van der Waals surface area (Å²) in [5.74, 6) is -0.333. The Bertz CT molecular complexity index is 525. The first kappa shape index (κ1) is 17.2. The molecule has 0 radical (unpaired) electrons. The van der Waals surface area contributed by atoms with Gasteiger partial charge in [-0.3, -0.25) is 4.79 Å². The molecule has 2 fully saturated rings. The third kappa shape index (κ3) is 3.42. The molecule has 3 rings (SSSR count). The minimum Gasteiger partial charge on any atom is -0.381 e. The zero-order valence-electron chi connectivity index (χ0n) is 12.4. The number of benzene rings is 1. The molecule has 0 aromatic heterocycles. The van der Waals surface area contributed by atoms with Gasteiger partial charge >= 0.3 is 0 Å². The van der Waals surface area contributed by atoms with Crippen molar-refractivity contribution in [3.63, 3.8) is 0 Å². The minimum atomic E-state index is -0.808. The molecule has 122 valence electrons. The van der Waals surface area contributed by atoms with Gasteiger partial charge in [0, 0.05) is 25.2 Å². The van der Waals surface area contributed by atoms with Crippen molar-refractivity contribution in [2.75, 3.05) is 19.8 Å². The smallest absolute Gasteiger partial charge is 0.240 e. The van der Waals surface area contributed by atoms with Crippen LogP contribution >= 0.6 is 12.4 Å². The number of nitrogens with two attached hydrogens (primary N) is 1. The van der Waals surface area contributed by atoms with Crippen LogP contribution in [-0.2, 0) is 14.9 Å². The molecule has 0 bridgehead atoms. The van der Waals surface area contributed by atoms with Gasteiger partial charge in [0.15, 0.2) is 0 Å². The summed E-state index contributed by atoms with van der Waals surface area (Å²) in [6, 6.07) is 6.56. The summed E-state index contributed by atoms with van der Waals surface area (Å²) in [5.41, 5.74) is 6.41. The van der Waals surface area contributed by atoms with Gasteiger partial charge in [-0.15, -0.1) is 12.4 Å². The van der Waals surface area contributed by atoms with Gasteiger partial charge < -0.3 is 15.8 Å². The van der Waals surface area contributed by atoms with Gasteiger partial charge in [-0.2, -0.15) is 0 Å². The van der Waals surface area contributed by atoms with E-state index in [4.69, 9.17) is 10.5 Å². The van der Waals surface area contributed by atoms with Crippen molar-refractivity contribution in [1.82, 2.24) is 5.32 Å². The Morgan fingerprint density at radius 2 is 1.77 bits per heavy atom. The Balaban J connectivity index is 0.00000176. The second-order valence-corrected chi connectivity index (χ2v) is 6.24. The third-order valence-electron chi connectivity index (χ3n) is 4.73. The molecule has 1 aromatic rings. The number of carbonyl (C=O) groups excluding carboxylic acids is 1. The van der Waals surface area contributed by atoms with Crippen LogP contribution in [0.4, 0.5) is 4.39 Å². The number of hydrogen-bond acceptors (Lipinski definition) is 3. The molecular weight excluding hydrogens is 307 g/mol. The van der Waals surface area contributed by atoms with E-state index in [0.29, 0.717) is 32.6 Å². The molecule has 1 saturated heterocycles. The van der Waals surface area contributed by atoms with Crippen molar-refractivity contribution < 1.29 is 13.9 Å². The maximum absolute atomic E-state index is 13.0. The summed E-state index contributed by atoms with van der Waals surface area (Å²) < 4.78 is 18.3. The first-order valence-corrected chi connectivity index (χ1v) is 7.45. The van der Waals surface area contributed by atoms with Crippen molar-refractivity contribution in [3.8, 4) is 0 Å². The summed E-state index contributed by atoms with van der Waals surface area (Å²) in [6.45, 7) is 1.64. The molecule has 2 aliphatic rings. The molecule has 0 unspecified atom stereocenters. The lowest BCUT2D eigenvalue weighted by Gasteiger charge is -2.32. The summed E-state index contributed by atoms with van der Waals surface area (Å²) in [6.07, 6.45) is 3.14. The summed E-state index contributed by atoms with van der Waals surface area (Å²) in [7, 11) is 0. The largest absolute Gasteiger partial charge is 0.381 e. The molecule has 1 saturated carbocycles. The van der Waals surface area contributed by atoms with Crippen molar-refractivity contribution in [2.45, 2.75) is 36.6 Å². The van der Waals surface area contributed by atoms with Crippen LogP contribution in [0.1, 0.15) is 31.2 Å². The van der Waals surface area contributed by atoms with Gasteiger partial charge in [0.1, 0.15) is 5.82 Å². The Kier molecular flexibility index (Phi) is 5.10. The van der Waals surface area contributed by atoms with Crippen LogP contribution in [0.2, 0.25) is 0 Å². The molecule has 22 heavy (non-hydrogen) atoms. The number of rotatable bonds is 4. The highest BCUT2D eigenvalue weighted by molar-refractivity contribution is 5.86. The lowest BCUT2D eigenvalue weighted by molar-refractivity contribution is -0.129. The van der Waals surface area contributed by atoms with Crippen LogP contribution in [0.5, 0.6) is 0 Å². The summed E-state index contributed by atoms with van der Waals surface area (Å²) in [5, 5.41) is 3.00. The topological polar surface area (TPSA) is 64.4 Å². The van der Waals surface area contributed by atoms with Crippen molar-refractivity contribution >= 4 is 18.3 Å². The Hall–Kier alpha value is -1.17. The Morgan fingerprint density at radius 1 is 1.18 bits per heavy atom. The Morgan fingerprint density at radius 3 is 2.32 bits per heavy atom. The average molecular weight is 329 g/mol. The lowest BCUT2D eigenvalue weighted by Crippen LogP contribution is -2.57. The quantitative estimate of drug-likeness (QED) is 0.887. The van der Waals surface area contributed by atoms with Crippen molar-refractivity contribution in [3.05, 3.63) is 35.6 Å². The fraction of sp³-hybridized carbons (Fsp3) is 0.562. The van der Waals surface area contributed by atoms with E-state index in [0.717, 1.165) is 18.4 Å². The monoisotopic (exact) mass is 328 g/mol. The normalized spacial score (nSPS) is 21.5. The predicted molar refractivity (Wildman–Crippen MR) is 84.5 cm³/mol. The molecular formula is C16H22ClFN2O2. The van der Waals surface area contributed by atoms with Gasteiger partial charge in [-0.05, 0) is 43.4 Å². The Labute approximate surface area is 136 Å². The SMILES string of the molecule is Cl.NC1(C(=O)NCC2(c3ccc(F)cc3)CC2)CCOCC1. The van der Waals surface area contributed by atoms with E-state index in [9.17, 15) is 9.18 Å². The maximum Gasteiger partial charge on any atom is 0.240 e. The number of nitrogens with one attached hydrogen (secondary N) is 1. The zero-order valence-corrected chi connectivity index (χ0v) is 13.3. The lowest BCUT2D eigenvalue weighted by atomic mass is 9.89. The number of ether oxygens (including phenoxy) is 1. The fourth-order valence-corrected chi connectivity index (χ4v) is 2.91. The molecule has 4 nitrogen and oxygen atoms in total. The third-order valence-corrected chi connectivity index (χ3v) is 4.73. The van der Waals surface area contributed by atoms with E-state index in [1.54, 1.807) is 12.1 Å². The molecule has 1 amide bonds. The van der Waals surface area contributed by atoms with Gasteiger partial charge in [0.25, 0.3) is 0 Å². The van der Waals surface area contributed by atoms with E-state index >= 15 is 0 Å². The number of halogens is 2. The first-order chi connectivity index (χ1) is 10.0. The summed E-state index contributed by atoms with van der Waals surface area (Å²) in [4.78, 5) is 12.3. The van der Waals surface area contributed by atoms with Gasteiger partial charge in [0.2, 0.25) is 5.91 Å². The van der Waals surface area contributed by atoms with E-state index < -0.39 is 5.54 Å². The number of hydrogen-bond donors (Lipinski definition) is 2. The molecule has 0 atom stereocenters. The second-order valence-electron chi connectivity index (χ2n) is 6.24. The van der Waals surface area contributed by atoms with Crippen LogP contribution in [0.15, 0.2) is 24.3 Å². The van der Waals surface area contributed by atoms with Crippen molar-refractivity contribution in [1.29, 1.82) is 0 Å². The molecule has 1 aromatic carbocycles. The molecule has 1 aliphatic heterocycles. The standard InChI is InChI=1S/C16H21FN2O2.ClH/c17-13-3-1-12(2-4-13)15(5-6-15)11-19-14(20)16(18)7-9-21-10-8-16;/h1-4H,5-11,18H2,(H,19,20);1H. The van der Waals surface area contributed by atoms with Gasteiger partial charge in [-0.1, -0.05) is 12.1 Å². The van der Waals surface area contributed by atoms with Crippen molar-refractivity contribution in [2.24, 2.45) is 5.73 Å². The van der Waals surface area contributed by atoms with Gasteiger partial charge in [-0.25, -0.2) is 4.39 Å². The fourth-order valence-electron chi connectivity index (χ4n) is 2.91.